The number of carbonyl (C=O) groups excluding carboxylic acids is 2. The molecule has 0 saturated carbocycles. The van der Waals surface area contributed by atoms with Crippen molar-refractivity contribution in [1.82, 2.24) is 20.4 Å². The number of hydrogen-bond donors (Lipinski definition) is 2. The SMILES string of the molecule is C[C@H](C(=O)NC(=O)NC(C)(C)C)N1CCN(Cc2ccc3c(c2)OCO3)CC1. The molecule has 0 aromatic heterocycles. The van der Waals surface area contributed by atoms with E-state index in [2.05, 4.69) is 26.5 Å². The second-order valence-electron chi connectivity index (χ2n) is 8.37. The summed E-state index contributed by atoms with van der Waals surface area (Å²) in [6.45, 7) is 11.9. The number of nitrogens with zero attached hydrogens (tertiary/aromatic N) is 2. The first-order valence-electron chi connectivity index (χ1n) is 9.69. The molecular formula is C20H30N4O4. The zero-order valence-electron chi connectivity index (χ0n) is 17.1. The third kappa shape index (κ3) is 5.36. The number of benzene rings is 1. The molecule has 8 heteroatoms. The molecule has 1 saturated heterocycles. The van der Waals surface area contributed by atoms with Crippen molar-refractivity contribution in [1.29, 1.82) is 0 Å². The molecule has 8 nitrogen and oxygen atoms in total. The maximum Gasteiger partial charge on any atom is 0.321 e. The predicted molar refractivity (Wildman–Crippen MR) is 105 cm³/mol. The lowest BCUT2D eigenvalue weighted by molar-refractivity contribution is -0.125. The van der Waals surface area contributed by atoms with Gasteiger partial charge in [-0.05, 0) is 45.4 Å². The van der Waals surface area contributed by atoms with Gasteiger partial charge in [-0.1, -0.05) is 6.07 Å². The zero-order valence-corrected chi connectivity index (χ0v) is 17.1. The Morgan fingerprint density at radius 2 is 1.79 bits per heavy atom. The fourth-order valence-corrected chi connectivity index (χ4v) is 3.36. The fraction of sp³-hybridized carbons (Fsp3) is 0.600. The molecule has 154 valence electrons. The molecule has 0 bridgehead atoms. The number of imide groups is 1. The molecule has 2 N–H and O–H groups in total. The molecule has 1 atom stereocenters. The molecule has 2 aliphatic heterocycles. The molecule has 0 spiro atoms. The van der Waals surface area contributed by atoms with E-state index in [1.165, 1.54) is 5.56 Å². The van der Waals surface area contributed by atoms with Gasteiger partial charge in [0.15, 0.2) is 11.5 Å². The highest BCUT2D eigenvalue weighted by molar-refractivity contribution is 5.97. The lowest BCUT2D eigenvalue weighted by Gasteiger charge is -2.37. The summed E-state index contributed by atoms with van der Waals surface area (Å²) in [5, 5.41) is 5.18. The standard InChI is InChI=1S/C20H30N4O4/c1-14(18(25)21-19(26)22-20(2,3)4)24-9-7-23(8-10-24)12-15-5-6-16-17(11-15)28-13-27-16/h5-6,11,14H,7-10,12-13H2,1-4H3,(H2,21,22,25,26)/t14-/m1/s1. The highest BCUT2D eigenvalue weighted by Crippen LogP contribution is 2.32. The maximum atomic E-state index is 12.4. The largest absolute Gasteiger partial charge is 0.454 e. The Morgan fingerprint density at radius 3 is 2.46 bits per heavy atom. The van der Waals surface area contributed by atoms with Gasteiger partial charge < -0.3 is 14.8 Å². The van der Waals surface area contributed by atoms with Gasteiger partial charge in [-0.2, -0.15) is 0 Å². The number of carbonyl (C=O) groups is 2. The van der Waals surface area contributed by atoms with E-state index in [1.54, 1.807) is 0 Å². The summed E-state index contributed by atoms with van der Waals surface area (Å²) in [5.74, 6) is 1.32. The molecule has 1 fully saturated rings. The van der Waals surface area contributed by atoms with Crippen molar-refractivity contribution in [2.24, 2.45) is 0 Å². The van der Waals surface area contributed by atoms with Crippen molar-refractivity contribution in [3.63, 3.8) is 0 Å². The van der Waals surface area contributed by atoms with E-state index >= 15 is 0 Å². The first-order valence-corrected chi connectivity index (χ1v) is 9.69. The van der Waals surface area contributed by atoms with Crippen molar-refractivity contribution in [3.05, 3.63) is 23.8 Å². The Labute approximate surface area is 166 Å². The summed E-state index contributed by atoms with van der Waals surface area (Å²) in [4.78, 5) is 28.7. The van der Waals surface area contributed by atoms with Gasteiger partial charge in [-0.15, -0.1) is 0 Å². The zero-order chi connectivity index (χ0) is 20.3. The summed E-state index contributed by atoms with van der Waals surface area (Å²) in [6.07, 6.45) is 0. The molecule has 2 aliphatic rings. The minimum absolute atomic E-state index is 0.272. The first-order chi connectivity index (χ1) is 13.2. The number of fused-ring (bicyclic) bond motifs is 1. The molecule has 1 aromatic rings. The number of hydrogen-bond acceptors (Lipinski definition) is 6. The van der Waals surface area contributed by atoms with E-state index < -0.39 is 6.03 Å². The van der Waals surface area contributed by atoms with Gasteiger partial charge in [0, 0.05) is 38.3 Å². The van der Waals surface area contributed by atoms with E-state index in [0.29, 0.717) is 0 Å². The number of urea groups is 1. The normalized spacial score (nSPS) is 18.6. The van der Waals surface area contributed by atoms with Crippen molar-refractivity contribution >= 4 is 11.9 Å². The van der Waals surface area contributed by atoms with Crippen LogP contribution in [-0.4, -0.2) is 66.3 Å². The van der Waals surface area contributed by atoms with E-state index in [9.17, 15) is 9.59 Å². The van der Waals surface area contributed by atoms with Gasteiger partial charge >= 0.3 is 6.03 Å². The second-order valence-corrected chi connectivity index (χ2v) is 8.37. The summed E-state index contributed by atoms with van der Waals surface area (Å²) >= 11 is 0. The number of piperazine rings is 1. The van der Waals surface area contributed by atoms with Crippen LogP contribution in [0.25, 0.3) is 0 Å². The molecule has 3 rings (SSSR count). The second kappa shape index (κ2) is 8.36. The van der Waals surface area contributed by atoms with Gasteiger partial charge in [-0.3, -0.25) is 19.9 Å². The molecule has 2 heterocycles. The van der Waals surface area contributed by atoms with E-state index in [-0.39, 0.29) is 24.3 Å². The third-order valence-electron chi connectivity index (χ3n) is 4.90. The van der Waals surface area contributed by atoms with Crippen LogP contribution < -0.4 is 20.1 Å². The molecule has 0 radical (unpaired) electrons. The molecular weight excluding hydrogens is 360 g/mol. The van der Waals surface area contributed by atoms with Crippen LogP contribution in [0.1, 0.15) is 33.3 Å². The lowest BCUT2D eigenvalue weighted by atomic mass is 10.1. The van der Waals surface area contributed by atoms with Crippen LogP contribution >= 0.6 is 0 Å². The van der Waals surface area contributed by atoms with Gasteiger partial charge in [0.25, 0.3) is 0 Å². The maximum absolute atomic E-state index is 12.4. The van der Waals surface area contributed by atoms with Crippen molar-refractivity contribution < 1.29 is 19.1 Å². The number of amides is 3. The summed E-state index contributed by atoms with van der Waals surface area (Å²) in [6, 6.07) is 5.23. The molecule has 0 aliphatic carbocycles. The Morgan fingerprint density at radius 1 is 1.11 bits per heavy atom. The van der Waals surface area contributed by atoms with E-state index in [1.807, 2.05) is 39.8 Å². The minimum atomic E-state index is -0.453. The molecule has 3 amide bonds. The number of ether oxygens (including phenoxy) is 2. The Bertz CT molecular complexity index is 723. The van der Waals surface area contributed by atoms with Crippen LogP contribution in [0.4, 0.5) is 4.79 Å². The van der Waals surface area contributed by atoms with E-state index in [0.717, 1.165) is 44.2 Å². The van der Waals surface area contributed by atoms with Crippen LogP contribution in [-0.2, 0) is 11.3 Å². The van der Waals surface area contributed by atoms with Gasteiger partial charge in [0.05, 0.1) is 6.04 Å². The minimum Gasteiger partial charge on any atom is -0.454 e. The average Bonchev–Trinajstić information content (AvgIpc) is 3.08. The summed E-state index contributed by atoms with van der Waals surface area (Å²) < 4.78 is 10.8. The number of nitrogens with one attached hydrogen (secondary N) is 2. The highest BCUT2D eigenvalue weighted by Gasteiger charge is 2.27. The fourth-order valence-electron chi connectivity index (χ4n) is 3.36. The van der Waals surface area contributed by atoms with Crippen LogP contribution in [0.5, 0.6) is 11.5 Å². The molecule has 1 aromatic carbocycles. The van der Waals surface area contributed by atoms with Gasteiger partial charge in [0.1, 0.15) is 0 Å². The van der Waals surface area contributed by atoms with Crippen LogP contribution in [0, 0.1) is 0 Å². The lowest BCUT2D eigenvalue weighted by Crippen LogP contribution is -2.56. The average molecular weight is 390 g/mol. The smallest absolute Gasteiger partial charge is 0.321 e. The Kier molecular flexibility index (Phi) is 6.10. The Balaban J connectivity index is 1.45. The monoisotopic (exact) mass is 390 g/mol. The van der Waals surface area contributed by atoms with Gasteiger partial charge in [-0.25, -0.2) is 4.79 Å². The Hall–Kier alpha value is -2.32. The summed E-state index contributed by atoms with van der Waals surface area (Å²) in [5.41, 5.74) is 0.802. The van der Waals surface area contributed by atoms with Crippen molar-refractivity contribution in [3.8, 4) is 11.5 Å². The van der Waals surface area contributed by atoms with Crippen molar-refractivity contribution in [2.75, 3.05) is 33.0 Å². The molecule has 28 heavy (non-hydrogen) atoms. The van der Waals surface area contributed by atoms with Crippen LogP contribution in [0.2, 0.25) is 0 Å². The third-order valence-corrected chi connectivity index (χ3v) is 4.90. The quantitative estimate of drug-likeness (QED) is 0.812. The summed E-state index contributed by atoms with van der Waals surface area (Å²) in [7, 11) is 0. The van der Waals surface area contributed by atoms with Gasteiger partial charge in [0.2, 0.25) is 12.7 Å². The first kappa shape index (κ1) is 20.4. The van der Waals surface area contributed by atoms with Crippen molar-refractivity contribution in [2.45, 2.75) is 45.8 Å². The van der Waals surface area contributed by atoms with Crippen LogP contribution in [0.15, 0.2) is 18.2 Å². The van der Waals surface area contributed by atoms with Crippen LogP contribution in [0.3, 0.4) is 0 Å². The highest BCUT2D eigenvalue weighted by atomic mass is 16.7. The molecule has 0 unspecified atom stereocenters. The predicted octanol–water partition coefficient (Wildman–Crippen LogP) is 1.55. The van der Waals surface area contributed by atoms with E-state index in [4.69, 9.17) is 9.47 Å². The topological polar surface area (TPSA) is 83.1 Å². The number of rotatable bonds is 4.